The van der Waals surface area contributed by atoms with E-state index in [-0.39, 0.29) is 24.9 Å². The van der Waals surface area contributed by atoms with Crippen molar-refractivity contribution >= 4 is 17.6 Å². The van der Waals surface area contributed by atoms with Crippen LogP contribution in [0.15, 0.2) is 12.3 Å². The topological polar surface area (TPSA) is 110 Å². The van der Waals surface area contributed by atoms with Crippen LogP contribution in [0.5, 0.6) is 0 Å². The van der Waals surface area contributed by atoms with E-state index in [2.05, 4.69) is 5.10 Å². The summed E-state index contributed by atoms with van der Waals surface area (Å²) >= 11 is 0. The van der Waals surface area contributed by atoms with Crippen molar-refractivity contribution in [2.45, 2.75) is 13.0 Å². The average molecular weight is 280 g/mol. The van der Waals surface area contributed by atoms with E-state index in [4.69, 9.17) is 11.5 Å². The monoisotopic (exact) mass is 280 g/mol. The first-order valence-corrected chi connectivity index (χ1v) is 6.62. The summed E-state index contributed by atoms with van der Waals surface area (Å²) in [5.74, 6) is 0.0760. The Morgan fingerprint density at radius 2 is 2.00 bits per heavy atom. The largest absolute Gasteiger partial charge is 0.382 e. The molecule has 2 heterocycles. The van der Waals surface area contributed by atoms with E-state index in [1.54, 1.807) is 17.2 Å². The molecule has 0 unspecified atom stereocenters. The highest BCUT2D eigenvalue weighted by molar-refractivity contribution is 5.76. The molecule has 1 fully saturated rings. The minimum absolute atomic E-state index is 0.00836. The van der Waals surface area contributed by atoms with Crippen LogP contribution in [0.25, 0.3) is 0 Å². The van der Waals surface area contributed by atoms with Crippen molar-refractivity contribution in [2.24, 2.45) is 5.73 Å². The summed E-state index contributed by atoms with van der Waals surface area (Å²) in [5, 5.41) is 4.00. The summed E-state index contributed by atoms with van der Waals surface area (Å²) in [5.41, 5.74) is 10.7. The Bertz CT molecular complexity index is 486. The number of amides is 2. The predicted octanol–water partition coefficient (Wildman–Crippen LogP) is -1.52. The lowest BCUT2D eigenvalue weighted by atomic mass is 10.3. The molecule has 1 saturated heterocycles. The van der Waals surface area contributed by atoms with E-state index >= 15 is 0 Å². The molecule has 8 nitrogen and oxygen atoms in total. The fourth-order valence-electron chi connectivity index (χ4n) is 2.30. The van der Waals surface area contributed by atoms with Gasteiger partial charge in [-0.15, -0.1) is 0 Å². The van der Waals surface area contributed by atoms with E-state index < -0.39 is 0 Å². The fraction of sp³-hybridized carbons (Fsp3) is 0.583. The zero-order valence-electron chi connectivity index (χ0n) is 11.4. The van der Waals surface area contributed by atoms with E-state index in [0.29, 0.717) is 25.5 Å². The third-order valence-corrected chi connectivity index (χ3v) is 3.28. The van der Waals surface area contributed by atoms with Crippen LogP contribution in [0, 0.1) is 0 Å². The van der Waals surface area contributed by atoms with Crippen LogP contribution in [0.1, 0.15) is 6.42 Å². The number of hydrogen-bond acceptors (Lipinski definition) is 5. The highest BCUT2D eigenvalue weighted by atomic mass is 16.2. The number of primary amides is 1. The molecule has 0 bridgehead atoms. The Labute approximate surface area is 117 Å². The number of nitrogen functional groups attached to an aromatic ring is 1. The minimum atomic E-state index is -0.336. The van der Waals surface area contributed by atoms with Crippen molar-refractivity contribution in [2.75, 3.05) is 38.5 Å². The Morgan fingerprint density at radius 1 is 1.20 bits per heavy atom. The molecule has 4 N–H and O–H groups in total. The summed E-state index contributed by atoms with van der Waals surface area (Å²) in [6.07, 6.45) is 2.52. The molecule has 8 heteroatoms. The van der Waals surface area contributed by atoms with Crippen molar-refractivity contribution in [3.63, 3.8) is 0 Å². The van der Waals surface area contributed by atoms with Crippen molar-refractivity contribution in [1.29, 1.82) is 0 Å². The van der Waals surface area contributed by atoms with Crippen molar-refractivity contribution in [3.05, 3.63) is 12.3 Å². The number of nitrogens with two attached hydrogens (primary N) is 2. The molecule has 0 spiro atoms. The first kappa shape index (κ1) is 14.3. The first-order chi connectivity index (χ1) is 9.54. The van der Waals surface area contributed by atoms with Crippen molar-refractivity contribution in [1.82, 2.24) is 19.6 Å². The van der Waals surface area contributed by atoms with E-state index in [1.165, 1.54) is 4.68 Å². The maximum atomic E-state index is 12.2. The number of rotatable bonds is 4. The van der Waals surface area contributed by atoms with Gasteiger partial charge in [-0.05, 0) is 12.5 Å². The quantitative estimate of drug-likeness (QED) is 0.696. The minimum Gasteiger partial charge on any atom is -0.382 e. The van der Waals surface area contributed by atoms with Gasteiger partial charge in [-0.25, -0.2) is 0 Å². The van der Waals surface area contributed by atoms with Gasteiger partial charge in [0.2, 0.25) is 11.8 Å². The standard InChI is InChI=1S/C12H20N6O2/c13-10-2-5-18(15-10)9-12(20)17-4-1-3-16(6-7-17)8-11(14)19/h2,5H,1,3-4,6-9H2,(H2,13,15)(H2,14,19). The van der Waals surface area contributed by atoms with Gasteiger partial charge in [-0.2, -0.15) is 5.10 Å². The van der Waals surface area contributed by atoms with Crippen LogP contribution >= 0.6 is 0 Å². The molecule has 0 saturated carbocycles. The molecular formula is C12H20N6O2. The Balaban J connectivity index is 1.86. The highest BCUT2D eigenvalue weighted by Crippen LogP contribution is 2.05. The van der Waals surface area contributed by atoms with Gasteiger partial charge >= 0.3 is 0 Å². The third-order valence-electron chi connectivity index (χ3n) is 3.28. The van der Waals surface area contributed by atoms with E-state index in [0.717, 1.165) is 13.0 Å². The molecule has 110 valence electrons. The molecule has 1 aromatic heterocycles. The lowest BCUT2D eigenvalue weighted by Crippen LogP contribution is -2.39. The van der Waals surface area contributed by atoms with E-state index in [9.17, 15) is 9.59 Å². The van der Waals surface area contributed by atoms with Gasteiger partial charge in [0.05, 0.1) is 6.54 Å². The van der Waals surface area contributed by atoms with Gasteiger partial charge in [-0.3, -0.25) is 19.2 Å². The zero-order chi connectivity index (χ0) is 14.5. The number of carbonyl (C=O) groups is 2. The Hall–Kier alpha value is -2.09. The summed E-state index contributed by atoms with van der Waals surface area (Å²) in [6.45, 7) is 3.16. The molecule has 1 aliphatic rings. The van der Waals surface area contributed by atoms with Crippen LogP contribution in [0.4, 0.5) is 5.82 Å². The van der Waals surface area contributed by atoms with Crippen LogP contribution < -0.4 is 11.5 Å². The predicted molar refractivity (Wildman–Crippen MR) is 73.5 cm³/mol. The summed E-state index contributed by atoms with van der Waals surface area (Å²) in [6, 6.07) is 1.66. The first-order valence-electron chi connectivity index (χ1n) is 6.62. The number of anilines is 1. The van der Waals surface area contributed by atoms with Crippen molar-refractivity contribution in [3.8, 4) is 0 Å². The molecular weight excluding hydrogens is 260 g/mol. The molecule has 0 aliphatic carbocycles. The lowest BCUT2D eigenvalue weighted by molar-refractivity contribution is -0.131. The van der Waals surface area contributed by atoms with Gasteiger partial charge in [-0.1, -0.05) is 0 Å². The van der Waals surface area contributed by atoms with Gasteiger partial charge in [0, 0.05) is 32.4 Å². The van der Waals surface area contributed by atoms with Crippen LogP contribution in [0.3, 0.4) is 0 Å². The highest BCUT2D eigenvalue weighted by Gasteiger charge is 2.20. The summed E-state index contributed by atoms with van der Waals surface area (Å²) in [4.78, 5) is 26.9. The van der Waals surface area contributed by atoms with Crippen LogP contribution in [-0.2, 0) is 16.1 Å². The number of hydrogen-bond donors (Lipinski definition) is 2. The van der Waals surface area contributed by atoms with Crippen LogP contribution in [-0.4, -0.2) is 64.1 Å². The Morgan fingerprint density at radius 3 is 2.65 bits per heavy atom. The number of nitrogens with zero attached hydrogens (tertiary/aromatic N) is 4. The van der Waals surface area contributed by atoms with Gasteiger partial charge in [0.25, 0.3) is 0 Å². The summed E-state index contributed by atoms with van der Waals surface area (Å²) in [7, 11) is 0. The van der Waals surface area contributed by atoms with E-state index in [1.807, 2.05) is 4.90 Å². The number of aromatic nitrogens is 2. The number of carbonyl (C=O) groups excluding carboxylic acids is 2. The molecule has 0 aromatic carbocycles. The fourth-order valence-corrected chi connectivity index (χ4v) is 2.30. The summed E-state index contributed by atoms with van der Waals surface area (Å²) < 4.78 is 1.53. The molecule has 0 atom stereocenters. The van der Waals surface area contributed by atoms with Crippen molar-refractivity contribution < 1.29 is 9.59 Å². The molecule has 1 aromatic rings. The van der Waals surface area contributed by atoms with Crippen LogP contribution in [0.2, 0.25) is 0 Å². The van der Waals surface area contributed by atoms with Gasteiger partial charge in [0.1, 0.15) is 12.4 Å². The Kier molecular flexibility index (Phi) is 4.57. The SMILES string of the molecule is NC(=O)CN1CCCN(C(=O)Cn2ccc(N)n2)CC1. The normalized spacial score (nSPS) is 16.9. The van der Waals surface area contributed by atoms with Gasteiger partial charge < -0.3 is 16.4 Å². The second kappa shape index (κ2) is 6.38. The zero-order valence-corrected chi connectivity index (χ0v) is 11.4. The maximum Gasteiger partial charge on any atom is 0.244 e. The smallest absolute Gasteiger partial charge is 0.244 e. The molecule has 20 heavy (non-hydrogen) atoms. The molecule has 1 aliphatic heterocycles. The van der Waals surface area contributed by atoms with Gasteiger partial charge in [0.15, 0.2) is 0 Å². The molecule has 2 rings (SSSR count). The molecule has 0 radical (unpaired) electrons. The lowest BCUT2D eigenvalue weighted by Gasteiger charge is -2.21. The second-order valence-electron chi connectivity index (χ2n) is 4.91. The average Bonchev–Trinajstić information content (AvgIpc) is 2.64. The second-order valence-corrected chi connectivity index (χ2v) is 4.91. The third kappa shape index (κ3) is 3.95. The maximum absolute atomic E-state index is 12.2. The molecule has 2 amide bonds.